The number of amides is 4. The van der Waals surface area contributed by atoms with Crippen molar-refractivity contribution in [3.63, 3.8) is 0 Å². The SMILES string of the molecule is NC(=O)CC(NC(=O)CNC(=O)C(Cc1c[nH]c2ccccc12)NC(=O)C(N)Cc1cnc[nH]1)C(=O)O. The zero-order valence-electron chi connectivity index (χ0n) is 19.7. The van der Waals surface area contributed by atoms with Crippen molar-refractivity contribution in [3.8, 4) is 0 Å². The maximum Gasteiger partial charge on any atom is 0.326 e. The van der Waals surface area contributed by atoms with E-state index in [4.69, 9.17) is 16.6 Å². The smallest absolute Gasteiger partial charge is 0.326 e. The van der Waals surface area contributed by atoms with Gasteiger partial charge in [0.25, 0.3) is 0 Å². The first-order valence-electron chi connectivity index (χ1n) is 11.3. The Bertz CT molecular complexity index is 1270. The first-order chi connectivity index (χ1) is 17.6. The first-order valence-corrected chi connectivity index (χ1v) is 11.3. The topological polar surface area (TPSA) is 238 Å². The Balaban J connectivity index is 1.69. The minimum Gasteiger partial charge on any atom is -0.480 e. The number of primary amides is 1. The van der Waals surface area contributed by atoms with E-state index in [0.717, 1.165) is 16.5 Å². The van der Waals surface area contributed by atoms with Crippen LogP contribution < -0.4 is 27.4 Å². The quantitative estimate of drug-likeness (QED) is 0.128. The number of carbonyl (C=O) groups is 5. The molecule has 3 rings (SSSR count). The molecule has 0 aliphatic heterocycles. The lowest BCUT2D eigenvalue weighted by Gasteiger charge is -2.21. The van der Waals surface area contributed by atoms with Crippen molar-refractivity contribution >= 4 is 40.5 Å². The number of carboxylic acid groups (broad SMARTS) is 1. The number of carbonyl (C=O) groups excluding carboxylic acids is 4. The number of hydrogen-bond acceptors (Lipinski definition) is 7. The molecule has 0 fully saturated rings. The molecule has 196 valence electrons. The number of benzene rings is 1. The van der Waals surface area contributed by atoms with Crippen LogP contribution in [0.25, 0.3) is 10.9 Å². The minimum absolute atomic E-state index is 0.0827. The fourth-order valence-corrected chi connectivity index (χ4v) is 3.67. The van der Waals surface area contributed by atoms with Gasteiger partial charge < -0.3 is 42.5 Å². The summed E-state index contributed by atoms with van der Waals surface area (Å²) >= 11 is 0. The number of nitrogens with one attached hydrogen (secondary N) is 5. The normalized spacial score (nSPS) is 13.3. The van der Waals surface area contributed by atoms with E-state index in [-0.39, 0.29) is 12.8 Å². The van der Waals surface area contributed by atoms with E-state index in [0.29, 0.717) is 5.69 Å². The predicted octanol–water partition coefficient (Wildman–Crippen LogP) is -1.95. The van der Waals surface area contributed by atoms with Gasteiger partial charge in [-0.15, -0.1) is 0 Å². The molecule has 0 aliphatic rings. The van der Waals surface area contributed by atoms with Gasteiger partial charge in [-0.2, -0.15) is 0 Å². The standard InChI is InChI=1S/C23H28N8O6/c24-15(6-13-9-26-11-29-13)21(34)31-17(5-12-8-27-16-4-2-1-3-14(12)16)22(35)28-10-20(33)30-18(23(36)37)7-19(25)32/h1-4,8-9,11,15,17-18,27H,5-7,10,24H2,(H2,25,32)(H,26,29)(H,28,35)(H,30,33)(H,31,34)(H,36,37). The number of aromatic amines is 2. The average molecular weight is 513 g/mol. The van der Waals surface area contributed by atoms with Crippen LogP contribution in [-0.4, -0.2) is 74.3 Å². The van der Waals surface area contributed by atoms with Crippen molar-refractivity contribution in [2.45, 2.75) is 37.4 Å². The van der Waals surface area contributed by atoms with Crippen LogP contribution in [0.5, 0.6) is 0 Å². The van der Waals surface area contributed by atoms with Crippen molar-refractivity contribution in [2.24, 2.45) is 11.5 Å². The molecule has 2 aromatic heterocycles. The summed E-state index contributed by atoms with van der Waals surface area (Å²) < 4.78 is 0. The summed E-state index contributed by atoms with van der Waals surface area (Å²) in [5.41, 5.74) is 13.2. The lowest BCUT2D eigenvalue weighted by Crippen LogP contribution is -2.54. The predicted molar refractivity (Wildman–Crippen MR) is 131 cm³/mol. The van der Waals surface area contributed by atoms with Gasteiger partial charge in [-0.25, -0.2) is 9.78 Å². The van der Waals surface area contributed by atoms with E-state index in [2.05, 4.69) is 30.9 Å². The fraction of sp³-hybridized carbons (Fsp3) is 0.304. The number of nitrogens with two attached hydrogens (primary N) is 2. The van der Waals surface area contributed by atoms with Crippen LogP contribution in [0.15, 0.2) is 43.0 Å². The molecule has 4 amide bonds. The second kappa shape index (κ2) is 12.3. The minimum atomic E-state index is -1.54. The molecule has 0 aliphatic carbocycles. The molecule has 0 saturated heterocycles. The zero-order valence-corrected chi connectivity index (χ0v) is 19.7. The Morgan fingerprint density at radius 3 is 2.43 bits per heavy atom. The number of fused-ring (bicyclic) bond motifs is 1. The number of rotatable bonds is 13. The Hall–Kier alpha value is -4.72. The number of para-hydroxylation sites is 1. The number of H-pyrrole nitrogens is 2. The van der Waals surface area contributed by atoms with Crippen LogP contribution in [0.2, 0.25) is 0 Å². The van der Waals surface area contributed by atoms with E-state index < -0.39 is 60.7 Å². The highest BCUT2D eigenvalue weighted by molar-refractivity contribution is 5.94. The molecule has 14 heteroatoms. The van der Waals surface area contributed by atoms with Gasteiger partial charge in [0.05, 0.1) is 25.3 Å². The van der Waals surface area contributed by atoms with Crippen molar-refractivity contribution in [3.05, 3.63) is 54.2 Å². The molecule has 1 aromatic carbocycles. The zero-order chi connectivity index (χ0) is 26.9. The molecule has 0 bridgehead atoms. The highest BCUT2D eigenvalue weighted by Gasteiger charge is 2.27. The van der Waals surface area contributed by atoms with Crippen molar-refractivity contribution in [2.75, 3.05) is 6.54 Å². The highest BCUT2D eigenvalue weighted by Crippen LogP contribution is 2.19. The van der Waals surface area contributed by atoms with Gasteiger partial charge in [-0.05, 0) is 11.6 Å². The maximum absolute atomic E-state index is 13.0. The summed E-state index contributed by atoms with van der Waals surface area (Å²) in [6.07, 6.45) is 4.34. The van der Waals surface area contributed by atoms with Gasteiger partial charge >= 0.3 is 5.97 Å². The summed E-state index contributed by atoms with van der Waals surface area (Å²) in [7, 11) is 0. The van der Waals surface area contributed by atoms with Gasteiger partial charge in [0.1, 0.15) is 12.1 Å². The van der Waals surface area contributed by atoms with E-state index in [9.17, 15) is 24.0 Å². The molecule has 3 aromatic rings. The molecule has 37 heavy (non-hydrogen) atoms. The molecule has 0 radical (unpaired) electrons. The van der Waals surface area contributed by atoms with E-state index in [1.807, 2.05) is 24.3 Å². The lowest BCUT2D eigenvalue weighted by atomic mass is 10.0. The Morgan fingerprint density at radius 2 is 1.76 bits per heavy atom. The number of aliphatic carboxylic acids is 1. The van der Waals surface area contributed by atoms with Crippen molar-refractivity contribution in [1.29, 1.82) is 0 Å². The molecular formula is C23H28N8O6. The van der Waals surface area contributed by atoms with Crippen LogP contribution in [0.3, 0.4) is 0 Å². The highest BCUT2D eigenvalue weighted by atomic mass is 16.4. The van der Waals surface area contributed by atoms with Gasteiger partial charge in [0.2, 0.25) is 23.6 Å². The van der Waals surface area contributed by atoms with Crippen molar-refractivity contribution < 1.29 is 29.1 Å². The number of nitrogens with zero attached hydrogens (tertiary/aromatic N) is 1. The van der Waals surface area contributed by atoms with E-state index >= 15 is 0 Å². The number of hydrogen-bond donors (Lipinski definition) is 8. The lowest BCUT2D eigenvalue weighted by molar-refractivity contribution is -0.143. The van der Waals surface area contributed by atoms with Crippen LogP contribution >= 0.6 is 0 Å². The fourth-order valence-electron chi connectivity index (χ4n) is 3.67. The Labute approximate surface area is 210 Å². The van der Waals surface area contributed by atoms with Crippen LogP contribution in [-0.2, 0) is 36.8 Å². The van der Waals surface area contributed by atoms with Gasteiger partial charge in [0, 0.05) is 41.8 Å². The molecule has 0 spiro atoms. The third-order valence-corrected chi connectivity index (χ3v) is 5.53. The Morgan fingerprint density at radius 1 is 1.00 bits per heavy atom. The van der Waals surface area contributed by atoms with E-state index in [1.165, 1.54) is 12.5 Å². The summed E-state index contributed by atoms with van der Waals surface area (Å²) in [4.78, 5) is 70.1. The third kappa shape index (κ3) is 7.63. The monoisotopic (exact) mass is 512 g/mol. The maximum atomic E-state index is 13.0. The molecule has 3 unspecified atom stereocenters. The molecule has 14 nitrogen and oxygen atoms in total. The second-order valence-electron chi connectivity index (χ2n) is 8.36. The van der Waals surface area contributed by atoms with Crippen molar-refractivity contribution in [1.82, 2.24) is 30.9 Å². The summed E-state index contributed by atoms with van der Waals surface area (Å²) in [5.74, 6) is -4.50. The molecule has 10 N–H and O–H groups in total. The molecule has 0 saturated carbocycles. The summed E-state index contributed by atoms with van der Waals surface area (Å²) in [6, 6.07) is 3.79. The number of imidazole rings is 1. The van der Waals surface area contributed by atoms with Crippen LogP contribution in [0.1, 0.15) is 17.7 Å². The molecule has 3 atom stereocenters. The van der Waals surface area contributed by atoms with Crippen LogP contribution in [0.4, 0.5) is 0 Å². The Kier molecular flexibility index (Phi) is 8.94. The van der Waals surface area contributed by atoms with Crippen LogP contribution in [0, 0.1) is 0 Å². The van der Waals surface area contributed by atoms with Gasteiger partial charge in [-0.3, -0.25) is 19.2 Å². The first kappa shape index (κ1) is 26.9. The van der Waals surface area contributed by atoms with E-state index in [1.54, 1.807) is 6.20 Å². The summed E-state index contributed by atoms with van der Waals surface area (Å²) in [5, 5.41) is 17.1. The molecular weight excluding hydrogens is 484 g/mol. The molecule has 2 heterocycles. The van der Waals surface area contributed by atoms with Gasteiger partial charge in [-0.1, -0.05) is 18.2 Å². The number of carboxylic acids is 1. The summed E-state index contributed by atoms with van der Waals surface area (Å²) in [6.45, 7) is -0.595. The third-order valence-electron chi connectivity index (χ3n) is 5.53. The second-order valence-corrected chi connectivity index (χ2v) is 8.36. The number of aromatic nitrogens is 3. The average Bonchev–Trinajstić information content (AvgIpc) is 3.51. The van der Waals surface area contributed by atoms with Gasteiger partial charge in [0.15, 0.2) is 0 Å². The largest absolute Gasteiger partial charge is 0.480 e.